The summed E-state index contributed by atoms with van der Waals surface area (Å²) in [4.78, 5) is 17.1. The summed E-state index contributed by atoms with van der Waals surface area (Å²) >= 11 is 1.32. The summed E-state index contributed by atoms with van der Waals surface area (Å²) in [6.45, 7) is -0.240. The number of halogens is 4. The van der Waals surface area contributed by atoms with Crippen LogP contribution in [0.4, 0.5) is 23.4 Å². The van der Waals surface area contributed by atoms with Gasteiger partial charge in [-0.05, 0) is 43.0 Å². The Morgan fingerprint density at radius 3 is 2.57 bits per heavy atom. The molecule has 1 saturated carbocycles. The third kappa shape index (κ3) is 5.71. The van der Waals surface area contributed by atoms with E-state index in [-0.39, 0.29) is 50.1 Å². The molecule has 6 heterocycles. The van der Waals surface area contributed by atoms with Crippen molar-refractivity contribution >= 4 is 48.4 Å². The van der Waals surface area contributed by atoms with Gasteiger partial charge in [0.05, 0.1) is 51.7 Å². The smallest absolute Gasteiger partial charge is 0.387 e. The number of H-pyrrole nitrogens is 1. The number of fused-ring (bicyclic) bond motifs is 6. The van der Waals surface area contributed by atoms with Crippen molar-refractivity contribution in [3.63, 3.8) is 0 Å². The summed E-state index contributed by atoms with van der Waals surface area (Å²) in [7, 11) is 0. The number of benzene rings is 2. The number of piperazine rings is 1. The van der Waals surface area contributed by atoms with Crippen LogP contribution in [0.15, 0.2) is 54.9 Å². The van der Waals surface area contributed by atoms with Gasteiger partial charge in [-0.25, -0.2) is 8.78 Å². The minimum absolute atomic E-state index is 0.00973. The summed E-state index contributed by atoms with van der Waals surface area (Å²) < 4.78 is 74.9. The average molecular weight is 720 g/mol. The van der Waals surface area contributed by atoms with Crippen LogP contribution in [0.5, 0.6) is 11.8 Å². The number of ether oxygens (including phenoxy) is 3. The van der Waals surface area contributed by atoms with Crippen molar-refractivity contribution < 1.29 is 31.8 Å². The molecule has 0 amide bonds. The Kier molecular flexibility index (Phi) is 7.78. The first-order chi connectivity index (χ1) is 24.7. The number of aryl methyl sites for hydroxylation is 1. The summed E-state index contributed by atoms with van der Waals surface area (Å²) in [5.74, 6) is -2.30. The van der Waals surface area contributed by atoms with E-state index < -0.39 is 17.9 Å². The molecule has 0 radical (unpaired) electrons. The molecule has 4 aromatic heterocycles. The molecule has 3 atom stereocenters. The predicted octanol–water partition coefficient (Wildman–Crippen LogP) is 7.25. The Bertz CT molecular complexity index is 2260. The molecule has 3 aliphatic rings. The topological polar surface area (TPSA) is 110 Å². The van der Waals surface area contributed by atoms with Gasteiger partial charge < -0.3 is 24.4 Å². The maximum absolute atomic E-state index is 14.9. The number of anilines is 1. The zero-order valence-corrected chi connectivity index (χ0v) is 28.3. The number of rotatable bonds is 11. The van der Waals surface area contributed by atoms with Crippen molar-refractivity contribution in [2.75, 3.05) is 31.2 Å². The first kappa shape index (κ1) is 32.3. The van der Waals surface area contributed by atoms with E-state index in [4.69, 9.17) is 29.2 Å². The van der Waals surface area contributed by atoms with Crippen LogP contribution in [0, 0.1) is 12.3 Å². The van der Waals surface area contributed by atoms with E-state index in [1.165, 1.54) is 11.3 Å². The van der Waals surface area contributed by atoms with Gasteiger partial charge in [-0.1, -0.05) is 30.3 Å². The largest absolute Gasteiger partial charge is 0.462 e. The Labute approximate surface area is 293 Å². The molecule has 9 rings (SSSR count). The Hall–Kier alpha value is -4.60. The van der Waals surface area contributed by atoms with Crippen LogP contribution in [-0.2, 0) is 11.3 Å². The number of hydrogen-bond acceptors (Lipinski definition) is 10. The van der Waals surface area contributed by atoms with Crippen molar-refractivity contribution in [3.8, 4) is 23.0 Å². The molecule has 6 aromatic rings. The zero-order chi connectivity index (χ0) is 34.9. The average Bonchev–Trinajstić information content (AvgIpc) is 3.56. The van der Waals surface area contributed by atoms with Crippen molar-refractivity contribution in [2.24, 2.45) is 5.41 Å². The van der Waals surface area contributed by atoms with E-state index in [2.05, 4.69) is 20.4 Å². The van der Waals surface area contributed by atoms with Gasteiger partial charge in [0.25, 0.3) is 5.92 Å². The van der Waals surface area contributed by atoms with Crippen molar-refractivity contribution in [3.05, 3.63) is 66.0 Å². The molecule has 1 aliphatic carbocycles. The van der Waals surface area contributed by atoms with Crippen LogP contribution in [0.2, 0.25) is 0 Å². The Morgan fingerprint density at radius 1 is 1.04 bits per heavy atom. The van der Waals surface area contributed by atoms with E-state index in [0.717, 1.165) is 29.2 Å². The van der Waals surface area contributed by atoms with Crippen LogP contribution >= 0.6 is 11.3 Å². The fourth-order valence-corrected chi connectivity index (χ4v) is 8.72. The normalized spacial score (nSPS) is 22.4. The number of thiophene rings is 1. The third-order valence-electron chi connectivity index (χ3n) is 10.2. The van der Waals surface area contributed by atoms with Crippen molar-refractivity contribution in [1.29, 1.82) is 0 Å². The fourth-order valence-electron chi connectivity index (χ4n) is 7.57. The highest BCUT2D eigenvalue weighted by atomic mass is 32.1. The minimum Gasteiger partial charge on any atom is -0.462 e. The highest BCUT2D eigenvalue weighted by Gasteiger charge is 2.72. The molecule has 0 spiro atoms. The molecule has 2 N–H and O–H groups in total. The van der Waals surface area contributed by atoms with Gasteiger partial charge >= 0.3 is 12.6 Å². The molecule has 0 unspecified atom stereocenters. The van der Waals surface area contributed by atoms with E-state index >= 15 is 0 Å². The lowest BCUT2D eigenvalue weighted by atomic mass is 10.0. The highest BCUT2D eigenvalue weighted by molar-refractivity contribution is 7.26. The molecule has 2 bridgehead atoms. The number of hydrogen-bond donors (Lipinski definition) is 2. The van der Waals surface area contributed by atoms with Crippen LogP contribution in [0.3, 0.4) is 0 Å². The molecule has 2 aromatic carbocycles. The van der Waals surface area contributed by atoms with Gasteiger partial charge in [-0.15, -0.1) is 11.3 Å². The molecule has 2 saturated heterocycles. The summed E-state index contributed by atoms with van der Waals surface area (Å²) in [6.07, 6.45) is 4.92. The van der Waals surface area contributed by atoms with Gasteiger partial charge in [0.15, 0.2) is 0 Å². The quantitative estimate of drug-likeness (QED) is 0.134. The number of pyridine rings is 1. The van der Waals surface area contributed by atoms with Crippen LogP contribution in [0.25, 0.3) is 42.5 Å². The summed E-state index contributed by atoms with van der Waals surface area (Å²) in [5, 5.41) is 12.9. The lowest BCUT2D eigenvalue weighted by Crippen LogP contribution is -2.51. The standard InChI is InChI=1S/C36H33F4N7O3S/c1-19-11-25-24(12-42-46-25)26(29(19)50-33(37)38)28-30-23(9-10-41-28)27-31(47-13-21-7-8-22(14-47)43-21)44-34(45-32(27)51-30)49-18-35(16-36(35,39)40)17-48-15-20-5-3-2-4-6-20/h2-6,9-12,21-22,33,43H,7-8,13-18H2,1H3,(H,42,46)/t21-,22+,35-/m1/s1. The van der Waals surface area contributed by atoms with Crippen molar-refractivity contribution in [2.45, 2.75) is 57.4 Å². The van der Waals surface area contributed by atoms with Gasteiger partial charge in [-0.2, -0.15) is 23.8 Å². The molecule has 51 heavy (non-hydrogen) atoms. The Morgan fingerprint density at radius 2 is 1.82 bits per heavy atom. The maximum atomic E-state index is 14.9. The second-order valence-electron chi connectivity index (χ2n) is 13.7. The van der Waals surface area contributed by atoms with Gasteiger partial charge in [-0.3, -0.25) is 10.1 Å². The monoisotopic (exact) mass is 719 g/mol. The lowest BCUT2D eigenvalue weighted by Gasteiger charge is -2.34. The molecular formula is C36H33F4N7O3S. The summed E-state index contributed by atoms with van der Waals surface area (Å²) in [5.41, 5.74) is 1.36. The number of nitrogens with zero attached hydrogens (tertiary/aromatic N) is 5. The minimum atomic E-state index is -3.06. The maximum Gasteiger partial charge on any atom is 0.387 e. The first-order valence-corrected chi connectivity index (χ1v) is 17.6. The number of aromatic nitrogens is 5. The molecule has 15 heteroatoms. The van der Waals surface area contributed by atoms with Crippen LogP contribution < -0.4 is 19.7 Å². The number of aromatic amines is 1. The van der Waals surface area contributed by atoms with Gasteiger partial charge in [0.2, 0.25) is 0 Å². The SMILES string of the molecule is Cc1cc2[nH]ncc2c(-c2nccc3c2sc2nc(OC[C@]4(COCc5ccccc5)CC4(F)F)nc(N4C[C@H]5CC[C@@H](C4)N5)c23)c1OC(F)F. The summed E-state index contributed by atoms with van der Waals surface area (Å²) in [6, 6.07) is 13.5. The molecule has 10 nitrogen and oxygen atoms in total. The third-order valence-corrected chi connectivity index (χ3v) is 11.3. The van der Waals surface area contributed by atoms with E-state index in [0.29, 0.717) is 56.2 Å². The highest BCUT2D eigenvalue weighted by Crippen LogP contribution is 2.61. The predicted molar refractivity (Wildman–Crippen MR) is 185 cm³/mol. The first-order valence-electron chi connectivity index (χ1n) is 16.8. The number of alkyl halides is 4. The molecule has 264 valence electrons. The number of nitrogens with one attached hydrogen (secondary N) is 2. The van der Waals surface area contributed by atoms with Crippen LogP contribution in [-0.4, -0.2) is 76.1 Å². The molecular weight excluding hydrogens is 687 g/mol. The van der Waals surface area contributed by atoms with E-state index in [9.17, 15) is 17.6 Å². The Balaban J connectivity index is 1.13. The van der Waals surface area contributed by atoms with Gasteiger partial charge in [0, 0.05) is 48.6 Å². The molecule has 2 aliphatic heterocycles. The van der Waals surface area contributed by atoms with Crippen molar-refractivity contribution in [1.82, 2.24) is 30.5 Å². The van der Waals surface area contributed by atoms with E-state index in [1.54, 1.807) is 25.4 Å². The molecule has 3 fully saturated rings. The lowest BCUT2D eigenvalue weighted by molar-refractivity contribution is -0.0498. The van der Waals surface area contributed by atoms with E-state index in [1.807, 2.05) is 36.4 Å². The zero-order valence-electron chi connectivity index (χ0n) is 27.5. The second-order valence-corrected chi connectivity index (χ2v) is 14.7. The fraction of sp³-hybridized carbons (Fsp3) is 0.389. The van der Waals surface area contributed by atoms with Crippen LogP contribution in [0.1, 0.15) is 30.4 Å². The van der Waals surface area contributed by atoms with Gasteiger partial charge in [0.1, 0.15) is 23.0 Å². The second kappa shape index (κ2) is 12.3.